The predicted molar refractivity (Wildman–Crippen MR) is 132 cm³/mol. The molecule has 0 radical (unpaired) electrons. The summed E-state index contributed by atoms with van der Waals surface area (Å²) in [5, 5.41) is 37.4. The number of rotatable bonds is 4. The van der Waals surface area contributed by atoms with Crippen LogP contribution in [-0.2, 0) is 0 Å². The molecule has 0 bridgehead atoms. The number of allylic oxidation sites excluding steroid dienone is 6. The number of hydrogen-bond donors (Lipinski definition) is 0. The Kier molecular flexibility index (Phi) is 8.68. The third-order valence-corrected chi connectivity index (χ3v) is 6.46. The first kappa shape index (κ1) is 33.5. The summed E-state index contributed by atoms with van der Waals surface area (Å²) < 4.78 is 176. The second kappa shape index (κ2) is 12.2. The van der Waals surface area contributed by atoms with Crippen LogP contribution in [-0.4, -0.2) is 18.2 Å². The molecule has 1 aromatic heterocycles. The van der Waals surface area contributed by atoms with Crippen LogP contribution in [0, 0.1) is 115 Å². The smallest absolute Gasteiger partial charge is 0.252 e. The molecule has 18 heteroatoms. The fourth-order valence-electron chi connectivity index (χ4n) is 4.44. The van der Waals surface area contributed by atoms with Crippen LogP contribution in [0.4, 0.5) is 52.7 Å². The van der Waals surface area contributed by atoms with Gasteiger partial charge in [0.1, 0.15) is 35.4 Å². The van der Waals surface area contributed by atoms with Gasteiger partial charge >= 0.3 is 0 Å². The molecule has 234 valence electrons. The normalized spacial score (nSPS) is 14.4. The lowest BCUT2D eigenvalue weighted by Gasteiger charge is -2.08. The first-order valence-electron chi connectivity index (χ1n) is 11.9. The van der Waals surface area contributed by atoms with Crippen molar-refractivity contribution < 1.29 is 52.7 Å². The second-order valence-electron chi connectivity index (χ2n) is 8.83. The van der Waals surface area contributed by atoms with Crippen molar-refractivity contribution in [2.75, 3.05) is 7.05 Å². The Morgan fingerprint density at radius 2 is 0.851 bits per heavy atom. The molecular weight excluding hydrogens is 660 g/mol. The Morgan fingerprint density at radius 3 is 1.13 bits per heavy atom. The standard InChI is InChI=1S/C29H4F12N6/c1-46-6-11(17-26(38)28(40)47-29(41)27(17)39)14-12(7(2-42)15-22(34)18(30)9(4-44)19(31)23(15)35)13(14)8(3-43)16-24(36)20(32)10(5-45)21(33)25(16)37/h6H,1H3. The molecule has 2 aromatic carbocycles. The Bertz CT molecular complexity index is 2070. The molecule has 1 saturated carbocycles. The van der Waals surface area contributed by atoms with Gasteiger partial charge in [0.2, 0.25) is 0 Å². The summed E-state index contributed by atoms with van der Waals surface area (Å²) >= 11 is 0. The number of benzene rings is 2. The molecule has 0 amide bonds. The molecule has 1 aliphatic carbocycles. The van der Waals surface area contributed by atoms with Gasteiger partial charge in [0, 0.05) is 35.6 Å². The summed E-state index contributed by atoms with van der Waals surface area (Å²) in [6, 6.07) is 3.71. The molecule has 47 heavy (non-hydrogen) atoms. The maximum Gasteiger partial charge on any atom is 0.252 e. The minimum absolute atomic E-state index is 0.339. The summed E-state index contributed by atoms with van der Waals surface area (Å²) in [6.45, 7) is 0. The highest BCUT2D eigenvalue weighted by Crippen LogP contribution is 2.57. The molecule has 4 rings (SSSR count). The highest BCUT2D eigenvalue weighted by molar-refractivity contribution is 6.22. The van der Waals surface area contributed by atoms with E-state index in [-0.39, 0.29) is 0 Å². The van der Waals surface area contributed by atoms with Crippen LogP contribution in [0.15, 0.2) is 21.7 Å². The van der Waals surface area contributed by atoms with Gasteiger partial charge in [0.25, 0.3) is 11.9 Å². The molecule has 1 heterocycles. The molecule has 0 atom stereocenters. The molecule has 1 fully saturated rings. The first-order chi connectivity index (χ1) is 22.2. The summed E-state index contributed by atoms with van der Waals surface area (Å²) in [5.74, 6) is -28.6. The summed E-state index contributed by atoms with van der Waals surface area (Å²) in [6.07, 6.45) is 0.339. The van der Waals surface area contributed by atoms with Crippen molar-refractivity contribution in [2.24, 2.45) is 4.99 Å². The highest BCUT2D eigenvalue weighted by atomic mass is 19.2. The van der Waals surface area contributed by atoms with Crippen molar-refractivity contribution in [3.05, 3.63) is 115 Å². The van der Waals surface area contributed by atoms with Gasteiger partial charge in [-0.2, -0.15) is 34.8 Å². The zero-order valence-electron chi connectivity index (χ0n) is 22.3. The Balaban J connectivity index is 2.38. The zero-order valence-corrected chi connectivity index (χ0v) is 22.3. The number of halogens is 12. The van der Waals surface area contributed by atoms with E-state index in [0.29, 0.717) is 6.21 Å². The largest absolute Gasteiger partial charge is 0.296 e. The molecule has 1 aliphatic rings. The van der Waals surface area contributed by atoms with Gasteiger partial charge in [-0.1, -0.05) is 0 Å². The molecule has 0 spiro atoms. The lowest BCUT2D eigenvalue weighted by atomic mass is 9.99. The van der Waals surface area contributed by atoms with Crippen LogP contribution in [0.25, 0.3) is 16.7 Å². The SMILES string of the molecule is CN=CC(=C1C(=C(C#N)c2c(F)c(F)c(C#N)c(F)c2F)C1=C(C#N)c1c(F)c(F)c(C#N)c(F)c1F)c1c(F)c(F)nc(F)c1F. The number of pyridine rings is 1. The minimum atomic E-state index is -2.45. The zero-order chi connectivity index (χ0) is 35.2. The molecule has 3 aromatic rings. The van der Waals surface area contributed by atoms with Crippen molar-refractivity contribution in [1.82, 2.24) is 4.98 Å². The number of aliphatic imine (C=N–C) groups is 1. The average Bonchev–Trinajstić information content (AvgIpc) is 3.76. The van der Waals surface area contributed by atoms with Gasteiger partial charge in [0.15, 0.2) is 58.2 Å². The molecule has 6 nitrogen and oxygen atoms in total. The van der Waals surface area contributed by atoms with E-state index in [9.17, 15) is 45.6 Å². The first-order valence-corrected chi connectivity index (χ1v) is 11.9. The van der Waals surface area contributed by atoms with Crippen LogP contribution in [0.1, 0.15) is 27.8 Å². The monoisotopic (exact) mass is 664 g/mol. The van der Waals surface area contributed by atoms with Crippen LogP contribution < -0.4 is 0 Å². The Labute approximate surface area is 253 Å². The van der Waals surface area contributed by atoms with Gasteiger partial charge in [-0.25, -0.2) is 43.9 Å². The van der Waals surface area contributed by atoms with Crippen LogP contribution in [0.5, 0.6) is 0 Å². The number of nitrogens with zero attached hydrogens (tertiary/aromatic N) is 6. The Morgan fingerprint density at radius 1 is 0.511 bits per heavy atom. The van der Waals surface area contributed by atoms with Crippen LogP contribution in [0.3, 0.4) is 0 Å². The van der Waals surface area contributed by atoms with E-state index in [4.69, 9.17) is 10.5 Å². The fourth-order valence-corrected chi connectivity index (χ4v) is 4.44. The van der Waals surface area contributed by atoms with Crippen LogP contribution in [0.2, 0.25) is 0 Å². The van der Waals surface area contributed by atoms with E-state index in [1.165, 1.54) is 0 Å². The van der Waals surface area contributed by atoms with Crippen molar-refractivity contribution in [1.29, 1.82) is 21.0 Å². The number of nitriles is 4. The third-order valence-electron chi connectivity index (χ3n) is 6.46. The molecule has 0 saturated heterocycles. The van der Waals surface area contributed by atoms with Crippen molar-refractivity contribution >= 4 is 22.9 Å². The number of hydrogen-bond acceptors (Lipinski definition) is 6. The lowest BCUT2D eigenvalue weighted by Crippen LogP contribution is -2.07. The summed E-state index contributed by atoms with van der Waals surface area (Å²) in [7, 11) is 0.852. The van der Waals surface area contributed by atoms with Gasteiger partial charge in [0.05, 0.1) is 27.8 Å². The van der Waals surface area contributed by atoms with Crippen molar-refractivity contribution in [2.45, 2.75) is 0 Å². The number of aromatic nitrogens is 1. The summed E-state index contributed by atoms with van der Waals surface area (Å²) in [5.41, 5.74) is -17.6. The minimum Gasteiger partial charge on any atom is -0.296 e. The van der Waals surface area contributed by atoms with E-state index in [0.717, 1.165) is 31.3 Å². The maximum absolute atomic E-state index is 15.1. The topological polar surface area (TPSA) is 120 Å². The molecule has 0 aliphatic heterocycles. The van der Waals surface area contributed by atoms with Crippen LogP contribution >= 0.6 is 0 Å². The van der Waals surface area contributed by atoms with E-state index >= 15 is 17.6 Å². The molecule has 0 unspecified atom stereocenters. The molecule has 0 N–H and O–H groups in total. The second-order valence-corrected chi connectivity index (χ2v) is 8.83. The van der Waals surface area contributed by atoms with Gasteiger partial charge in [-0.05, 0) is 0 Å². The maximum atomic E-state index is 15.1. The highest BCUT2D eigenvalue weighted by Gasteiger charge is 2.45. The van der Waals surface area contributed by atoms with Gasteiger partial charge in [-0.3, -0.25) is 4.99 Å². The quantitative estimate of drug-likeness (QED) is 0.0987. The van der Waals surface area contributed by atoms with E-state index in [1.807, 2.05) is 0 Å². The van der Waals surface area contributed by atoms with E-state index in [2.05, 4.69) is 9.98 Å². The van der Waals surface area contributed by atoms with Crippen molar-refractivity contribution in [3.8, 4) is 24.3 Å². The lowest BCUT2D eigenvalue weighted by molar-refractivity contribution is 0.404. The van der Waals surface area contributed by atoms with E-state index < -0.39 is 131 Å². The van der Waals surface area contributed by atoms with E-state index in [1.54, 1.807) is 0 Å². The fraction of sp³-hybridized carbons (Fsp3) is 0.0345. The van der Waals surface area contributed by atoms with Gasteiger partial charge < -0.3 is 0 Å². The van der Waals surface area contributed by atoms with Crippen molar-refractivity contribution in [3.63, 3.8) is 0 Å². The Hall–Kier alpha value is -6.40. The molecular formula is C29H4F12N6. The third kappa shape index (κ3) is 4.93. The predicted octanol–water partition coefficient (Wildman–Crippen LogP) is 6.92. The summed E-state index contributed by atoms with van der Waals surface area (Å²) in [4.78, 5) is 5.68. The average molecular weight is 664 g/mol. The van der Waals surface area contributed by atoms with Gasteiger partial charge in [-0.15, -0.1) is 0 Å².